The summed E-state index contributed by atoms with van der Waals surface area (Å²) in [4.78, 5) is 0. The van der Waals surface area contributed by atoms with Crippen LogP contribution in [0.25, 0.3) is 0 Å². The smallest absolute Gasteiger partial charge is 0.0594 e. The summed E-state index contributed by atoms with van der Waals surface area (Å²) in [7, 11) is 0. The van der Waals surface area contributed by atoms with Gasteiger partial charge in [0.05, 0.1) is 6.10 Å². The predicted octanol–water partition coefficient (Wildman–Crippen LogP) is 7.14. The van der Waals surface area contributed by atoms with Gasteiger partial charge in [0.1, 0.15) is 0 Å². The molecule has 10 atom stereocenters. The van der Waals surface area contributed by atoms with Gasteiger partial charge in [0.25, 0.3) is 0 Å². The van der Waals surface area contributed by atoms with Crippen LogP contribution >= 0.6 is 12.4 Å². The molecule has 0 unspecified atom stereocenters. The molecule has 2 nitrogen and oxygen atoms in total. The third-order valence-electron chi connectivity index (χ3n) is 13.1. The van der Waals surface area contributed by atoms with Crippen molar-refractivity contribution >= 4 is 12.4 Å². The highest BCUT2D eigenvalue weighted by Crippen LogP contribution is 2.76. The molecule has 0 radical (unpaired) electrons. The van der Waals surface area contributed by atoms with E-state index in [9.17, 15) is 5.11 Å². The molecule has 5 aliphatic carbocycles. The Labute approximate surface area is 204 Å². The van der Waals surface area contributed by atoms with Crippen LogP contribution in [-0.4, -0.2) is 16.7 Å². The van der Waals surface area contributed by atoms with Crippen LogP contribution in [0.1, 0.15) is 106 Å². The topological polar surface area (TPSA) is 46.2 Å². The summed E-state index contributed by atoms with van der Waals surface area (Å²) in [5.41, 5.74) is 9.80. The second kappa shape index (κ2) is 7.47. The Kier molecular flexibility index (Phi) is 5.85. The lowest BCUT2D eigenvalue weighted by atomic mass is 9.32. The van der Waals surface area contributed by atoms with Gasteiger partial charge >= 0.3 is 0 Å². The summed E-state index contributed by atoms with van der Waals surface area (Å²) in [6.07, 6.45) is 12.4. The molecule has 0 heterocycles. The highest BCUT2D eigenvalue weighted by molar-refractivity contribution is 5.85. The van der Waals surface area contributed by atoms with Crippen LogP contribution in [-0.2, 0) is 0 Å². The van der Waals surface area contributed by atoms with Crippen LogP contribution in [0.3, 0.4) is 0 Å². The Morgan fingerprint density at radius 2 is 1.50 bits per heavy atom. The summed E-state index contributed by atoms with van der Waals surface area (Å²) >= 11 is 0. The molecule has 0 aliphatic heterocycles. The molecule has 0 spiro atoms. The van der Waals surface area contributed by atoms with Crippen LogP contribution in [0.2, 0.25) is 0 Å². The van der Waals surface area contributed by atoms with Crippen molar-refractivity contribution in [3.63, 3.8) is 0 Å². The monoisotopic (exact) mass is 463 g/mol. The Morgan fingerprint density at radius 1 is 0.812 bits per heavy atom. The summed E-state index contributed by atoms with van der Waals surface area (Å²) in [5, 5.41) is 10.9. The van der Waals surface area contributed by atoms with Gasteiger partial charge in [0.15, 0.2) is 0 Å². The third kappa shape index (κ3) is 2.91. The number of hydrogen-bond acceptors (Lipinski definition) is 2. The standard InChI is InChI=1S/C29H49NO.ClH/c1-18(2)19-10-15-29(30)17-16-27(6)20(24(19)29)8-9-22-26(5)13-12-23(31)25(3,4)21(26)11-14-28(22,27)7;/h19-24,31H,1,8-17,30H2,2-7H3;1H/t19-,20+,21-,22+,23-,24+,26-,27+,28+,29-;/m0./s1. The fraction of sp³-hybridized carbons (Fsp3) is 0.931. The third-order valence-corrected chi connectivity index (χ3v) is 13.1. The van der Waals surface area contributed by atoms with Crippen molar-refractivity contribution in [2.24, 2.45) is 57.0 Å². The number of aliphatic hydroxyl groups is 1. The van der Waals surface area contributed by atoms with E-state index in [1.807, 2.05) is 0 Å². The van der Waals surface area contributed by atoms with Gasteiger partial charge in [-0.05, 0) is 122 Å². The zero-order valence-corrected chi connectivity index (χ0v) is 22.5. The average Bonchev–Trinajstić information content (AvgIpc) is 3.04. The van der Waals surface area contributed by atoms with Gasteiger partial charge in [-0.25, -0.2) is 0 Å². The molecule has 5 fully saturated rings. The van der Waals surface area contributed by atoms with Crippen molar-refractivity contribution in [2.75, 3.05) is 0 Å². The van der Waals surface area contributed by atoms with Crippen molar-refractivity contribution in [2.45, 2.75) is 117 Å². The van der Waals surface area contributed by atoms with Crippen LogP contribution in [0.4, 0.5) is 0 Å². The first kappa shape index (κ1) is 25.1. The quantitative estimate of drug-likeness (QED) is 0.406. The van der Waals surface area contributed by atoms with E-state index < -0.39 is 0 Å². The zero-order valence-electron chi connectivity index (χ0n) is 21.7. The molecule has 32 heavy (non-hydrogen) atoms. The second-order valence-corrected chi connectivity index (χ2v) is 14.3. The Bertz CT molecular complexity index is 779. The van der Waals surface area contributed by atoms with E-state index in [-0.39, 0.29) is 29.5 Å². The number of allylic oxidation sites excluding steroid dienone is 1. The van der Waals surface area contributed by atoms with Crippen molar-refractivity contribution < 1.29 is 5.11 Å². The first-order chi connectivity index (χ1) is 14.3. The molecule has 3 N–H and O–H groups in total. The minimum absolute atomic E-state index is 0. The molecule has 0 aromatic heterocycles. The second-order valence-electron chi connectivity index (χ2n) is 14.3. The molecular formula is C29H50ClNO. The van der Waals surface area contributed by atoms with Crippen LogP contribution in [0.5, 0.6) is 0 Å². The summed E-state index contributed by atoms with van der Waals surface area (Å²) in [6, 6.07) is 0. The lowest BCUT2D eigenvalue weighted by Gasteiger charge is -2.72. The van der Waals surface area contributed by atoms with Gasteiger partial charge in [0.2, 0.25) is 0 Å². The van der Waals surface area contributed by atoms with E-state index in [1.54, 1.807) is 0 Å². The van der Waals surface area contributed by atoms with Crippen molar-refractivity contribution in [1.82, 2.24) is 0 Å². The maximum absolute atomic E-state index is 10.9. The lowest BCUT2D eigenvalue weighted by Crippen LogP contribution is -2.68. The maximum Gasteiger partial charge on any atom is 0.0594 e. The van der Waals surface area contributed by atoms with Crippen LogP contribution in [0.15, 0.2) is 12.2 Å². The highest BCUT2D eigenvalue weighted by Gasteiger charge is 2.70. The number of rotatable bonds is 1. The number of nitrogens with two attached hydrogens (primary N) is 1. The predicted molar refractivity (Wildman–Crippen MR) is 137 cm³/mol. The zero-order chi connectivity index (χ0) is 22.6. The fourth-order valence-corrected chi connectivity index (χ4v) is 11.2. The number of halogens is 1. The first-order valence-electron chi connectivity index (χ1n) is 13.4. The molecule has 5 aliphatic rings. The van der Waals surface area contributed by atoms with Crippen molar-refractivity contribution in [1.29, 1.82) is 0 Å². The van der Waals surface area contributed by atoms with E-state index in [1.165, 1.54) is 63.4 Å². The van der Waals surface area contributed by atoms with E-state index in [0.29, 0.717) is 34.0 Å². The van der Waals surface area contributed by atoms with Crippen molar-refractivity contribution in [3.05, 3.63) is 12.2 Å². The minimum Gasteiger partial charge on any atom is -0.393 e. The summed E-state index contributed by atoms with van der Waals surface area (Å²) in [6.45, 7) is 19.4. The van der Waals surface area contributed by atoms with Crippen LogP contribution in [0, 0.1) is 51.2 Å². The molecular weight excluding hydrogens is 414 g/mol. The fourth-order valence-electron chi connectivity index (χ4n) is 11.2. The largest absolute Gasteiger partial charge is 0.393 e. The average molecular weight is 464 g/mol. The Morgan fingerprint density at radius 3 is 2.16 bits per heavy atom. The van der Waals surface area contributed by atoms with Gasteiger partial charge in [-0.1, -0.05) is 46.8 Å². The lowest BCUT2D eigenvalue weighted by molar-refractivity contribution is -0.242. The Hall–Kier alpha value is -0.0500. The molecule has 0 bridgehead atoms. The van der Waals surface area contributed by atoms with Gasteiger partial charge in [-0.3, -0.25) is 0 Å². The van der Waals surface area contributed by atoms with Crippen molar-refractivity contribution in [3.8, 4) is 0 Å². The number of fused-ring (bicyclic) bond motifs is 7. The van der Waals surface area contributed by atoms with E-state index in [2.05, 4.69) is 48.1 Å². The minimum atomic E-state index is -0.135. The van der Waals surface area contributed by atoms with E-state index >= 15 is 0 Å². The first-order valence-corrected chi connectivity index (χ1v) is 13.4. The Balaban J connectivity index is 0.00000245. The SMILES string of the molecule is C=C(C)[C@@H]1CC[C@]2(N)CC[C@]3(C)[C@H](CC[C@@H]4[C@@]5(C)CC[C@H](O)C(C)(C)[C@@H]5CC[C@]43C)[C@@H]12.Cl. The van der Waals surface area contributed by atoms with Gasteiger partial charge < -0.3 is 10.8 Å². The molecule has 0 saturated heterocycles. The number of hydrogen-bond donors (Lipinski definition) is 2. The molecule has 184 valence electrons. The van der Waals surface area contributed by atoms with Gasteiger partial charge in [-0.2, -0.15) is 0 Å². The highest BCUT2D eigenvalue weighted by atomic mass is 35.5. The van der Waals surface area contributed by atoms with Gasteiger partial charge in [-0.15, -0.1) is 12.4 Å². The summed E-state index contributed by atoms with van der Waals surface area (Å²) < 4.78 is 0. The molecule has 5 saturated carbocycles. The maximum atomic E-state index is 10.9. The molecule has 0 amide bonds. The number of aliphatic hydroxyl groups excluding tert-OH is 1. The molecule has 0 aromatic rings. The van der Waals surface area contributed by atoms with Crippen LogP contribution < -0.4 is 5.73 Å². The molecule has 0 aromatic carbocycles. The van der Waals surface area contributed by atoms with E-state index in [4.69, 9.17) is 5.73 Å². The molecule has 5 rings (SSSR count). The van der Waals surface area contributed by atoms with Gasteiger partial charge in [0, 0.05) is 5.54 Å². The summed E-state index contributed by atoms with van der Waals surface area (Å²) in [5.74, 6) is 3.44. The normalized spacial score (nSPS) is 56.1. The van der Waals surface area contributed by atoms with E-state index in [0.717, 1.165) is 18.3 Å². The molecule has 3 heteroatoms.